The van der Waals surface area contributed by atoms with Crippen LogP contribution in [-0.2, 0) is 0 Å². The fraction of sp³-hybridized carbons (Fsp3) is 0.0667. The molecule has 3 rings (SSSR count). The van der Waals surface area contributed by atoms with E-state index in [0.717, 1.165) is 5.39 Å². The second kappa shape index (κ2) is 4.83. The van der Waals surface area contributed by atoms with E-state index in [1.807, 2.05) is 6.07 Å². The number of hydrogen-bond acceptors (Lipinski definition) is 2. The van der Waals surface area contributed by atoms with E-state index in [2.05, 4.69) is 20.9 Å². The SMILES string of the molecule is Cc1nccc2cc(Br)n(-c3ccc(F)cc3)c(=O)c12. The van der Waals surface area contributed by atoms with Gasteiger partial charge < -0.3 is 0 Å². The molecule has 0 N–H and O–H groups in total. The third-order valence-corrected chi connectivity index (χ3v) is 3.75. The summed E-state index contributed by atoms with van der Waals surface area (Å²) in [5, 5.41) is 1.40. The lowest BCUT2D eigenvalue weighted by Gasteiger charge is -2.11. The molecule has 0 unspecified atom stereocenters. The summed E-state index contributed by atoms with van der Waals surface area (Å²) in [6.45, 7) is 1.80. The number of hydrogen-bond donors (Lipinski definition) is 0. The Hall–Kier alpha value is -2.01. The van der Waals surface area contributed by atoms with Gasteiger partial charge >= 0.3 is 0 Å². The van der Waals surface area contributed by atoms with E-state index in [4.69, 9.17) is 0 Å². The molecule has 2 heterocycles. The molecule has 0 aliphatic heterocycles. The van der Waals surface area contributed by atoms with Gasteiger partial charge in [0, 0.05) is 11.9 Å². The Morgan fingerprint density at radius 1 is 1.20 bits per heavy atom. The number of aryl methyl sites for hydroxylation is 1. The number of aromatic nitrogens is 2. The zero-order chi connectivity index (χ0) is 14.3. The molecule has 0 saturated carbocycles. The monoisotopic (exact) mass is 332 g/mol. The van der Waals surface area contributed by atoms with Crippen LogP contribution in [0.2, 0.25) is 0 Å². The van der Waals surface area contributed by atoms with E-state index < -0.39 is 0 Å². The summed E-state index contributed by atoms with van der Waals surface area (Å²) in [5.74, 6) is -0.337. The first kappa shape index (κ1) is 13.0. The third kappa shape index (κ3) is 2.04. The quantitative estimate of drug-likeness (QED) is 0.638. The predicted molar refractivity (Wildman–Crippen MR) is 79.7 cm³/mol. The highest BCUT2D eigenvalue weighted by atomic mass is 79.9. The highest BCUT2D eigenvalue weighted by Crippen LogP contribution is 2.21. The topological polar surface area (TPSA) is 34.9 Å². The van der Waals surface area contributed by atoms with Gasteiger partial charge in [-0.3, -0.25) is 14.3 Å². The molecule has 0 aliphatic rings. The minimum atomic E-state index is -0.337. The van der Waals surface area contributed by atoms with Gasteiger partial charge in [-0.2, -0.15) is 0 Å². The van der Waals surface area contributed by atoms with Gasteiger partial charge in [-0.15, -0.1) is 0 Å². The maximum Gasteiger partial charge on any atom is 0.265 e. The first-order valence-electron chi connectivity index (χ1n) is 6.01. The number of benzene rings is 1. The Kier molecular flexibility index (Phi) is 3.14. The molecule has 5 heteroatoms. The smallest absolute Gasteiger partial charge is 0.265 e. The zero-order valence-corrected chi connectivity index (χ0v) is 12.2. The first-order valence-corrected chi connectivity index (χ1v) is 6.80. The van der Waals surface area contributed by atoms with E-state index in [1.165, 1.54) is 16.7 Å². The molecule has 2 aromatic heterocycles. The van der Waals surface area contributed by atoms with Gasteiger partial charge in [-0.1, -0.05) is 0 Å². The van der Waals surface area contributed by atoms with Crippen LogP contribution in [0, 0.1) is 12.7 Å². The molecule has 0 amide bonds. The van der Waals surface area contributed by atoms with Crippen molar-refractivity contribution in [2.45, 2.75) is 6.92 Å². The van der Waals surface area contributed by atoms with E-state index in [1.54, 1.807) is 31.3 Å². The molecule has 0 bridgehead atoms. The second-order valence-electron chi connectivity index (χ2n) is 4.44. The summed E-state index contributed by atoms with van der Waals surface area (Å²) < 4.78 is 15.1. The molecular weight excluding hydrogens is 323 g/mol. The van der Waals surface area contributed by atoms with Crippen molar-refractivity contribution in [1.29, 1.82) is 0 Å². The van der Waals surface area contributed by atoms with Gasteiger partial charge in [0.2, 0.25) is 0 Å². The molecule has 0 spiro atoms. The fourth-order valence-corrected chi connectivity index (χ4v) is 2.83. The van der Waals surface area contributed by atoms with E-state index in [9.17, 15) is 9.18 Å². The van der Waals surface area contributed by atoms with Crippen molar-refractivity contribution in [3.63, 3.8) is 0 Å². The summed E-state index contributed by atoms with van der Waals surface area (Å²) in [7, 11) is 0. The van der Waals surface area contributed by atoms with E-state index in [0.29, 0.717) is 21.4 Å². The van der Waals surface area contributed by atoms with Crippen molar-refractivity contribution in [3.05, 3.63) is 69.1 Å². The Morgan fingerprint density at radius 2 is 1.90 bits per heavy atom. The molecule has 0 aliphatic carbocycles. The van der Waals surface area contributed by atoms with Gasteiger partial charge in [0.05, 0.1) is 15.7 Å². The van der Waals surface area contributed by atoms with Gasteiger partial charge in [0.15, 0.2) is 0 Å². The fourth-order valence-electron chi connectivity index (χ4n) is 2.22. The molecule has 3 aromatic rings. The van der Waals surface area contributed by atoms with E-state index >= 15 is 0 Å². The van der Waals surface area contributed by atoms with Crippen LogP contribution >= 0.6 is 15.9 Å². The summed E-state index contributed by atoms with van der Waals surface area (Å²) in [6, 6.07) is 9.44. The average molecular weight is 333 g/mol. The van der Waals surface area contributed by atoms with Crippen LogP contribution in [0.3, 0.4) is 0 Å². The number of halogens is 2. The molecule has 20 heavy (non-hydrogen) atoms. The van der Waals surface area contributed by atoms with Crippen molar-refractivity contribution in [1.82, 2.24) is 9.55 Å². The Bertz CT molecular complexity index is 856. The molecule has 0 fully saturated rings. The first-order chi connectivity index (χ1) is 9.58. The standard InChI is InChI=1S/C15H10BrFN2O/c1-9-14-10(6-7-18-9)8-13(16)19(15(14)20)12-4-2-11(17)3-5-12/h2-8H,1H3. The molecule has 3 nitrogen and oxygen atoms in total. The number of nitrogens with zero attached hydrogens (tertiary/aromatic N) is 2. The van der Waals surface area contributed by atoms with Crippen LogP contribution < -0.4 is 5.56 Å². The Morgan fingerprint density at radius 3 is 2.60 bits per heavy atom. The van der Waals surface area contributed by atoms with Gasteiger partial charge in [-0.25, -0.2) is 4.39 Å². The molecule has 0 atom stereocenters. The minimum absolute atomic E-state index is 0.174. The second-order valence-corrected chi connectivity index (χ2v) is 5.26. The average Bonchev–Trinajstić information content (AvgIpc) is 2.40. The van der Waals surface area contributed by atoms with Crippen LogP contribution in [-0.4, -0.2) is 9.55 Å². The van der Waals surface area contributed by atoms with Crippen molar-refractivity contribution in [2.75, 3.05) is 0 Å². The largest absolute Gasteiger partial charge is 0.270 e. The van der Waals surface area contributed by atoms with Gasteiger partial charge in [-0.05, 0) is 64.6 Å². The third-order valence-electron chi connectivity index (χ3n) is 3.16. The Balaban J connectivity index is 2.39. The minimum Gasteiger partial charge on any atom is -0.270 e. The Labute approximate surface area is 122 Å². The highest BCUT2D eigenvalue weighted by Gasteiger charge is 2.11. The maximum absolute atomic E-state index is 13.0. The lowest BCUT2D eigenvalue weighted by molar-refractivity contribution is 0.627. The molecule has 0 saturated heterocycles. The van der Waals surface area contributed by atoms with Gasteiger partial charge in [0.1, 0.15) is 5.82 Å². The number of fused-ring (bicyclic) bond motifs is 1. The lowest BCUT2D eigenvalue weighted by atomic mass is 10.1. The normalized spacial score (nSPS) is 10.9. The van der Waals surface area contributed by atoms with Crippen LogP contribution in [0.4, 0.5) is 4.39 Å². The van der Waals surface area contributed by atoms with Crippen molar-refractivity contribution in [3.8, 4) is 5.69 Å². The number of rotatable bonds is 1. The van der Waals surface area contributed by atoms with Crippen LogP contribution in [0.25, 0.3) is 16.5 Å². The van der Waals surface area contributed by atoms with Crippen LogP contribution in [0.5, 0.6) is 0 Å². The van der Waals surface area contributed by atoms with Crippen molar-refractivity contribution < 1.29 is 4.39 Å². The summed E-state index contributed by atoms with van der Waals surface area (Å²) in [5.41, 5.74) is 1.11. The summed E-state index contributed by atoms with van der Waals surface area (Å²) in [4.78, 5) is 16.8. The highest BCUT2D eigenvalue weighted by molar-refractivity contribution is 9.10. The summed E-state index contributed by atoms with van der Waals surface area (Å²) >= 11 is 3.40. The van der Waals surface area contributed by atoms with Crippen LogP contribution in [0.15, 0.2) is 52.0 Å². The lowest BCUT2D eigenvalue weighted by Crippen LogP contribution is -2.20. The molecule has 0 radical (unpaired) electrons. The predicted octanol–water partition coefficient (Wildman–Crippen LogP) is 3.60. The molecular formula is C15H10BrFN2O. The van der Waals surface area contributed by atoms with Gasteiger partial charge in [0.25, 0.3) is 5.56 Å². The van der Waals surface area contributed by atoms with Crippen molar-refractivity contribution in [2.24, 2.45) is 0 Å². The summed E-state index contributed by atoms with van der Waals surface area (Å²) in [6.07, 6.45) is 1.67. The number of pyridine rings is 2. The molecule has 100 valence electrons. The molecule has 1 aromatic carbocycles. The van der Waals surface area contributed by atoms with Crippen molar-refractivity contribution >= 4 is 26.7 Å². The van der Waals surface area contributed by atoms with Crippen LogP contribution in [0.1, 0.15) is 5.69 Å². The zero-order valence-electron chi connectivity index (χ0n) is 10.6. The maximum atomic E-state index is 13.0. The van der Waals surface area contributed by atoms with E-state index in [-0.39, 0.29) is 11.4 Å².